The zero-order valence-corrected chi connectivity index (χ0v) is 20.9. The topological polar surface area (TPSA) is 113 Å². The summed E-state index contributed by atoms with van der Waals surface area (Å²) in [6.07, 6.45) is 0.981. The summed E-state index contributed by atoms with van der Waals surface area (Å²) in [6.45, 7) is 7.34. The van der Waals surface area contributed by atoms with Crippen molar-refractivity contribution in [2.45, 2.75) is 45.5 Å². The Kier molecular flexibility index (Phi) is 9.08. The number of nitrogens with one attached hydrogen (secondary N) is 1. The molecule has 10 nitrogen and oxygen atoms in total. The number of amides is 1. The van der Waals surface area contributed by atoms with Crippen LogP contribution in [-0.2, 0) is 24.4 Å². The zero-order chi connectivity index (χ0) is 24.5. The van der Waals surface area contributed by atoms with E-state index in [1.54, 1.807) is 0 Å². The van der Waals surface area contributed by atoms with E-state index >= 15 is 0 Å². The maximum atomic E-state index is 12.5. The molecule has 1 amide bonds. The van der Waals surface area contributed by atoms with Crippen LogP contribution in [0.5, 0.6) is 17.5 Å². The van der Waals surface area contributed by atoms with Crippen LogP contribution in [0.25, 0.3) is 0 Å². The van der Waals surface area contributed by atoms with Crippen molar-refractivity contribution >= 4 is 23.6 Å². The average molecular weight is 487 g/mol. The molecule has 0 radical (unpaired) electrons. The lowest BCUT2D eigenvalue weighted by Gasteiger charge is -2.13. The van der Waals surface area contributed by atoms with E-state index in [0.717, 1.165) is 12.2 Å². The van der Waals surface area contributed by atoms with Gasteiger partial charge in [0.25, 0.3) is 0 Å². The number of rotatable bonds is 12. The van der Waals surface area contributed by atoms with Gasteiger partial charge in [0, 0.05) is 6.54 Å². The molecule has 1 aromatic carbocycles. The van der Waals surface area contributed by atoms with Crippen LogP contribution >= 0.6 is 11.8 Å². The lowest BCUT2D eigenvalue weighted by Crippen LogP contribution is -2.17. The molecular weight excluding hydrogens is 456 g/mol. The molecular formula is C23H30N6O4S. The summed E-state index contributed by atoms with van der Waals surface area (Å²) in [6, 6.07) is 9.54. The van der Waals surface area contributed by atoms with Crippen LogP contribution in [0.15, 0.2) is 35.5 Å². The molecule has 3 rings (SSSR count). The number of hydrogen-bond acceptors (Lipinski definition) is 9. The standard InChI is InChI=1S/C23H30N6O4S/c1-6-16-7-9-17(10-8-16)33-13-18-27-28-23(29(18)12-15(2)3)34-14-19(30)24-22-25-20(31-4)11-21(26-22)32-5/h7-11,15H,6,12-14H2,1-5H3,(H,24,25,26,30). The van der Waals surface area contributed by atoms with Gasteiger partial charge in [0.1, 0.15) is 12.4 Å². The highest BCUT2D eigenvalue weighted by molar-refractivity contribution is 7.99. The van der Waals surface area contributed by atoms with Gasteiger partial charge in [0.2, 0.25) is 23.6 Å². The molecule has 34 heavy (non-hydrogen) atoms. The third kappa shape index (κ3) is 7.08. The first kappa shape index (κ1) is 25.3. The monoisotopic (exact) mass is 486 g/mol. The lowest BCUT2D eigenvalue weighted by atomic mass is 10.2. The first-order valence-electron chi connectivity index (χ1n) is 10.9. The van der Waals surface area contributed by atoms with E-state index in [-0.39, 0.29) is 24.2 Å². The summed E-state index contributed by atoms with van der Waals surface area (Å²) >= 11 is 1.29. The number of aryl methyl sites for hydroxylation is 1. The fourth-order valence-electron chi connectivity index (χ4n) is 3.01. The number of aromatic nitrogens is 5. The van der Waals surface area contributed by atoms with Crippen molar-refractivity contribution in [3.8, 4) is 17.5 Å². The largest absolute Gasteiger partial charge is 0.486 e. The molecule has 2 aromatic heterocycles. The number of nitrogens with zero attached hydrogens (tertiary/aromatic N) is 5. The molecule has 0 spiro atoms. The summed E-state index contributed by atoms with van der Waals surface area (Å²) in [5.41, 5.74) is 1.25. The van der Waals surface area contributed by atoms with Crippen LogP contribution in [0.2, 0.25) is 0 Å². The zero-order valence-electron chi connectivity index (χ0n) is 20.1. The van der Waals surface area contributed by atoms with E-state index in [1.165, 1.54) is 37.6 Å². The van der Waals surface area contributed by atoms with E-state index in [1.807, 2.05) is 16.7 Å². The summed E-state index contributed by atoms with van der Waals surface area (Å²) in [5.74, 6) is 2.36. The molecule has 0 bridgehead atoms. The number of anilines is 1. The van der Waals surface area contributed by atoms with E-state index < -0.39 is 0 Å². The number of hydrogen-bond donors (Lipinski definition) is 1. The first-order valence-corrected chi connectivity index (χ1v) is 11.9. The van der Waals surface area contributed by atoms with Gasteiger partial charge in [-0.3, -0.25) is 10.1 Å². The molecule has 11 heteroatoms. The Morgan fingerprint density at radius 3 is 2.35 bits per heavy atom. The lowest BCUT2D eigenvalue weighted by molar-refractivity contribution is -0.113. The second-order valence-corrected chi connectivity index (χ2v) is 8.75. The molecule has 0 aliphatic carbocycles. The number of methoxy groups -OCH3 is 2. The Bertz CT molecular complexity index is 1070. The van der Waals surface area contributed by atoms with Crippen molar-refractivity contribution in [3.63, 3.8) is 0 Å². The number of ether oxygens (including phenoxy) is 3. The predicted octanol–water partition coefficient (Wildman–Crippen LogP) is 3.61. The van der Waals surface area contributed by atoms with Gasteiger partial charge in [-0.05, 0) is 30.0 Å². The SMILES string of the molecule is CCc1ccc(OCc2nnc(SCC(=O)Nc3nc(OC)cc(OC)n3)n2CC(C)C)cc1. The van der Waals surface area contributed by atoms with E-state index in [2.05, 4.69) is 58.4 Å². The van der Waals surface area contributed by atoms with Crippen molar-refractivity contribution in [1.29, 1.82) is 0 Å². The second-order valence-electron chi connectivity index (χ2n) is 7.80. The van der Waals surface area contributed by atoms with Crippen LogP contribution in [0, 0.1) is 5.92 Å². The van der Waals surface area contributed by atoms with Gasteiger partial charge in [-0.1, -0.05) is 44.7 Å². The van der Waals surface area contributed by atoms with E-state index in [0.29, 0.717) is 35.2 Å². The Balaban J connectivity index is 1.64. The van der Waals surface area contributed by atoms with Gasteiger partial charge in [-0.25, -0.2) is 0 Å². The Hall–Kier alpha value is -3.34. The van der Waals surface area contributed by atoms with Gasteiger partial charge in [0.15, 0.2) is 11.0 Å². The first-order chi connectivity index (χ1) is 16.4. The Labute approximate surface area is 203 Å². The molecule has 0 saturated heterocycles. The minimum atomic E-state index is -0.284. The molecule has 0 atom stereocenters. The van der Waals surface area contributed by atoms with E-state index in [4.69, 9.17) is 14.2 Å². The van der Waals surface area contributed by atoms with Crippen molar-refractivity contribution in [3.05, 3.63) is 41.7 Å². The smallest absolute Gasteiger partial charge is 0.237 e. The summed E-state index contributed by atoms with van der Waals surface area (Å²) < 4.78 is 18.1. The van der Waals surface area contributed by atoms with Crippen molar-refractivity contribution in [2.75, 3.05) is 25.3 Å². The molecule has 2 heterocycles. The highest BCUT2D eigenvalue weighted by atomic mass is 32.2. The average Bonchev–Trinajstić information content (AvgIpc) is 3.21. The number of thioether (sulfide) groups is 1. The summed E-state index contributed by atoms with van der Waals surface area (Å²) in [4.78, 5) is 20.7. The van der Waals surface area contributed by atoms with Crippen molar-refractivity contribution in [2.24, 2.45) is 5.92 Å². The van der Waals surface area contributed by atoms with Crippen LogP contribution in [0.1, 0.15) is 32.2 Å². The minimum Gasteiger partial charge on any atom is -0.486 e. The highest BCUT2D eigenvalue weighted by Gasteiger charge is 2.17. The second kappa shape index (κ2) is 12.2. The maximum absolute atomic E-state index is 12.5. The van der Waals surface area contributed by atoms with Crippen LogP contribution in [0.3, 0.4) is 0 Å². The highest BCUT2D eigenvalue weighted by Crippen LogP contribution is 2.22. The Morgan fingerprint density at radius 2 is 1.76 bits per heavy atom. The molecule has 3 aromatic rings. The Morgan fingerprint density at radius 1 is 1.09 bits per heavy atom. The van der Waals surface area contributed by atoms with Crippen LogP contribution in [-0.4, -0.2) is 50.6 Å². The molecule has 0 fully saturated rings. The molecule has 0 aliphatic heterocycles. The van der Waals surface area contributed by atoms with Crippen molar-refractivity contribution < 1.29 is 19.0 Å². The molecule has 1 N–H and O–H groups in total. The summed E-state index contributed by atoms with van der Waals surface area (Å²) in [5, 5.41) is 11.9. The quantitative estimate of drug-likeness (QED) is 0.384. The van der Waals surface area contributed by atoms with Gasteiger partial charge in [-0.2, -0.15) is 9.97 Å². The number of carbonyl (C=O) groups excluding carboxylic acids is 1. The minimum absolute atomic E-state index is 0.105. The fraction of sp³-hybridized carbons (Fsp3) is 0.435. The third-order valence-corrected chi connectivity index (χ3v) is 5.69. The molecule has 182 valence electrons. The fourth-order valence-corrected chi connectivity index (χ4v) is 3.78. The van der Waals surface area contributed by atoms with E-state index in [9.17, 15) is 4.79 Å². The predicted molar refractivity (Wildman–Crippen MR) is 130 cm³/mol. The van der Waals surface area contributed by atoms with Gasteiger partial charge < -0.3 is 18.8 Å². The van der Waals surface area contributed by atoms with Gasteiger partial charge in [0.05, 0.1) is 26.0 Å². The maximum Gasteiger partial charge on any atom is 0.237 e. The summed E-state index contributed by atoms with van der Waals surface area (Å²) in [7, 11) is 2.96. The van der Waals surface area contributed by atoms with Crippen molar-refractivity contribution in [1.82, 2.24) is 24.7 Å². The molecule has 0 saturated carbocycles. The third-order valence-electron chi connectivity index (χ3n) is 4.72. The normalized spacial score (nSPS) is 10.9. The van der Waals surface area contributed by atoms with Gasteiger partial charge >= 0.3 is 0 Å². The number of carbonyl (C=O) groups is 1. The molecule has 0 unspecified atom stereocenters. The number of benzene rings is 1. The van der Waals surface area contributed by atoms with Crippen LogP contribution < -0.4 is 19.5 Å². The van der Waals surface area contributed by atoms with Gasteiger partial charge in [-0.15, -0.1) is 10.2 Å². The molecule has 0 aliphatic rings. The van der Waals surface area contributed by atoms with Crippen LogP contribution in [0.4, 0.5) is 5.95 Å².